The highest BCUT2D eigenvalue weighted by atomic mass is 79.9. The van der Waals surface area contributed by atoms with E-state index in [0.717, 1.165) is 6.07 Å². The molecule has 1 unspecified atom stereocenters. The van der Waals surface area contributed by atoms with Gasteiger partial charge in [0.15, 0.2) is 0 Å². The van der Waals surface area contributed by atoms with Crippen LogP contribution in [0.3, 0.4) is 0 Å². The van der Waals surface area contributed by atoms with Crippen molar-refractivity contribution in [3.8, 4) is 5.75 Å². The van der Waals surface area contributed by atoms with Crippen LogP contribution in [0.1, 0.15) is 20.3 Å². The Balaban J connectivity index is 3.06. The van der Waals surface area contributed by atoms with Gasteiger partial charge in [0, 0.05) is 19.6 Å². The Bertz CT molecular complexity index is 623. The minimum atomic E-state index is -3.85. The molecule has 0 heterocycles. The average molecular weight is 397 g/mol. The van der Waals surface area contributed by atoms with Crippen LogP contribution in [-0.2, 0) is 10.0 Å². The van der Waals surface area contributed by atoms with Gasteiger partial charge in [-0.3, -0.25) is 0 Å². The normalized spacial score (nSPS) is 13.7. The molecule has 0 saturated carbocycles. The number of hydrogen-bond acceptors (Lipinski definition) is 4. The number of ether oxygens (including phenoxy) is 1. The van der Waals surface area contributed by atoms with Crippen LogP contribution >= 0.6 is 15.9 Å². The second-order valence-corrected chi connectivity index (χ2v) is 8.31. The van der Waals surface area contributed by atoms with E-state index in [1.807, 2.05) is 13.8 Å². The highest BCUT2D eigenvalue weighted by molar-refractivity contribution is 9.10. The van der Waals surface area contributed by atoms with Gasteiger partial charge in [0.2, 0.25) is 10.0 Å². The monoisotopic (exact) mass is 396 g/mol. The Morgan fingerprint density at radius 3 is 2.50 bits per heavy atom. The Morgan fingerprint density at radius 1 is 1.41 bits per heavy atom. The van der Waals surface area contributed by atoms with E-state index in [4.69, 9.17) is 10.5 Å². The van der Waals surface area contributed by atoms with Crippen LogP contribution in [0.25, 0.3) is 0 Å². The summed E-state index contributed by atoms with van der Waals surface area (Å²) in [6.45, 7) is 4.21. The number of nitrogens with zero attached hydrogens (tertiary/aromatic N) is 1. The van der Waals surface area contributed by atoms with Crippen molar-refractivity contribution in [2.45, 2.75) is 31.2 Å². The molecule has 2 N–H and O–H groups in total. The standard InChI is InChI=1S/C14H22BrFN2O3S/c1-9(2)12(17)5-6-18(3)22(19,20)14-8-11(16)10(15)7-13(14)21-4/h7-9,12H,5-6,17H2,1-4H3. The predicted octanol–water partition coefficient (Wildman–Crippen LogP) is 2.59. The summed E-state index contributed by atoms with van der Waals surface area (Å²) in [5, 5.41) is 0. The lowest BCUT2D eigenvalue weighted by molar-refractivity contribution is 0.384. The lowest BCUT2D eigenvalue weighted by atomic mass is 10.0. The Labute approximate surface area is 139 Å². The summed E-state index contributed by atoms with van der Waals surface area (Å²) in [5.74, 6) is -0.310. The first-order chi connectivity index (χ1) is 10.1. The average Bonchev–Trinajstić information content (AvgIpc) is 2.46. The van der Waals surface area contributed by atoms with E-state index in [2.05, 4.69) is 15.9 Å². The highest BCUT2D eigenvalue weighted by Crippen LogP contribution is 2.31. The summed E-state index contributed by atoms with van der Waals surface area (Å²) in [6.07, 6.45) is 0.523. The fourth-order valence-corrected chi connectivity index (χ4v) is 3.48. The first-order valence-electron chi connectivity index (χ1n) is 6.86. The first kappa shape index (κ1) is 19.3. The minimum absolute atomic E-state index is 0.0910. The lowest BCUT2D eigenvalue weighted by Crippen LogP contribution is -2.34. The first-order valence-corrected chi connectivity index (χ1v) is 9.09. The summed E-state index contributed by atoms with van der Waals surface area (Å²) in [4.78, 5) is -0.198. The van der Waals surface area contributed by atoms with Crippen molar-refractivity contribution in [2.75, 3.05) is 20.7 Å². The maximum absolute atomic E-state index is 13.7. The Hall–Kier alpha value is -0.700. The maximum Gasteiger partial charge on any atom is 0.246 e. The maximum atomic E-state index is 13.7. The van der Waals surface area contributed by atoms with Gasteiger partial charge >= 0.3 is 0 Å². The highest BCUT2D eigenvalue weighted by Gasteiger charge is 2.27. The molecule has 1 aromatic rings. The molecule has 0 aromatic heterocycles. The molecule has 22 heavy (non-hydrogen) atoms. The number of methoxy groups -OCH3 is 1. The summed E-state index contributed by atoms with van der Waals surface area (Å²) in [5.41, 5.74) is 5.93. The summed E-state index contributed by atoms with van der Waals surface area (Å²) < 4.78 is 45.2. The number of nitrogens with two attached hydrogens (primary N) is 1. The lowest BCUT2D eigenvalue weighted by Gasteiger charge is -2.22. The van der Waals surface area contributed by atoms with Gasteiger partial charge in [0.1, 0.15) is 16.5 Å². The number of hydrogen-bond donors (Lipinski definition) is 1. The van der Waals surface area contributed by atoms with Crippen molar-refractivity contribution in [1.29, 1.82) is 0 Å². The van der Waals surface area contributed by atoms with E-state index in [9.17, 15) is 12.8 Å². The van der Waals surface area contributed by atoms with Crippen LogP contribution in [0.5, 0.6) is 5.75 Å². The Morgan fingerprint density at radius 2 is 2.00 bits per heavy atom. The molecular formula is C14H22BrFN2O3S. The van der Waals surface area contributed by atoms with Crippen LogP contribution in [0.15, 0.2) is 21.5 Å². The smallest absolute Gasteiger partial charge is 0.246 e. The molecular weight excluding hydrogens is 375 g/mol. The van der Waals surface area contributed by atoms with Crippen molar-refractivity contribution in [3.05, 3.63) is 22.4 Å². The van der Waals surface area contributed by atoms with Gasteiger partial charge in [0.25, 0.3) is 0 Å². The van der Waals surface area contributed by atoms with Gasteiger partial charge in [-0.2, -0.15) is 0 Å². The SMILES string of the molecule is COc1cc(Br)c(F)cc1S(=O)(=O)N(C)CCC(N)C(C)C. The zero-order valence-electron chi connectivity index (χ0n) is 13.1. The molecule has 0 bridgehead atoms. The third kappa shape index (κ3) is 4.41. The second kappa shape index (κ2) is 7.72. The van der Waals surface area contributed by atoms with Gasteiger partial charge in [0.05, 0.1) is 11.6 Å². The van der Waals surface area contributed by atoms with E-state index in [1.165, 1.54) is 24.5 Å². The van der Waals surface area contributed by atoms with Crippen molar-refractivity contribution in [3.63, 3.8) is 0 Å². The molecule has 1 atom stereocenters. The van der Waals surface area contributed by atoms with E-state index in [-0.39, 0.29) is 33.6 Å². The number of benzene rings is 1. The molecule has 0 aliphatic heterocycles. The van der Waals surface area contributed by atoms with Crippen molar-refractivity contribution < 1.29 is 17.5 Å². The van der Waals surface area contributed by atoms with E-state index >= 15 is 0 Å². The van der Waals surface area contributed by atoms with Gasteiger partial charge < -0.3 is 10.5 Å². The van der Waals surface area contributed by atoms with Gasteiger partial charge in [-0.05, 0) is 40.4 Å². The summed E-state index contributed by atoms with van der Waals surface area (Å²) in [7, 11) is -1.06. The number of sulfonamides is 1. The topological polar surface area (TPSA) is 72.6 Å². The van der Waals surface area contributed by atoms with Gasteiger partial charge in [-0.1, -0.05) is 13.8 Å². The molecule has 5 nitrogen and oxygen atoms in total. The van der Waals surface area contributed by atoms with Gasteiger partial charge in [-0.15, -0.1) is 0 Å². The van der Waals surface area contributed by atoms with Gasteiger partial charge in [-0.25, -0.2) is 17.1 Å². The fourth-order valence-electron chi connectivity index (χ4n) is 1.82. The molecule has 0 radical (unpaired) electrons. The van der Waals surface area contributed by atoms with Crippen molar-refractivity contribution in [1.82, 2.24) is 4.31 Å². The molecule has 0 saturated heterocycles. The van der Waals surface area contributed by atoms with Crippen LogP contribution in [0.4, 0.5) is 4.39 Å². The summed E-state index contributed by atoms with van der Waals surface area (Å²) >= 11 is 3.01. The van der Waals surface area contributed by atoms with Crippen LogP contribution < -0.4 is 10.5 Å². The Kier molecular flexibility index (Phi) is 6.79. The molecule has 1 rings (SSSR count). The molecule has 1 aromatic carbocycles. The number of rotatable bonds is 7. The fraction of sp³-hybridized carbons (Fsp3) is 0.571. The van der Waals surface area contributed by atoms with Crippen LogP contribution in [0.2, 0.25) is 0 Å². The summed E-state index contributed by atoms with van der Waals surface area (Å²) in [6, 6.07) is 2.16. The predicted molar refractivity (Wildman–Crippen MR) is 87.9 cm³/mol. The van der Waals surface area contributed by atoms with E-state index < -0.39 is 15.8 Å². The van der Waals surface area contributed by atoms with Crippen LogP contribution in [-0.4, -0.2) is 39.5 Å². The molecule has 0 aliphatic rings. The zero-order chi connectivity index (χ0) is 17.1. The third-order valence-electron chi connectivity index (χ3n) is 3.53. The van der Waals surface area contributed by atoms with Crippen LogP contribution in [0, 0.1) is 11.7 Å². The van der Waals surface area contributed by atoms with E-state index in [1.54, 1.807) is 0 Å². The second-order valence-electron chi connectivity index (χ2n) is 5.44. The molecule has 0 spiro atoms. The zero-order valence-corrected chi connectivity index (χ0v) is 15.5. The molecule has 0 amide bonds. The van der Waals surface area contributed by atoms with E-state index in [0.29, 0.717) is 6.42 Å². The molecule has 126 valence electrons. The number of halogens is 2. The third-order valence-corrected chi connectivity index (χ3v) is 6.01. The van der Waals surface area contributed by atoms with Crippen molar-refractivity contribution >= 4 is 26.0 Å². The minimum Gasteiger partial charge on any atom is -0.495 e. The van der Waals surface area contributed by atoms with Crippen molar-refractivity contribution in [2.24, 2.45) is 11.7 Å². The quantitative estimate of drug-likeness (QED) is 0.768. The molecule has 0 fully saturated rings. The molecule has 8 heteroatoms. The molecule has 0 aliphatic carbocycles. The largest absolute Gasteiger partial charge is 0.495 e.